The maximum Gasteiger partial charge on any atom is 0.228 e. The standard InChI is InChI=1S/C14H20N3O3PS/c1-8-9(2)21-12(13(15)18)14(16-8)17-10-5-4-6-11(7-10)22(3,19)20/h4-7,12,14,16-17,21H,1-3H3,(H2,15,18). The quantitative estimate of drug-likeness (QED) is 0.715. The number of anilines is 1. The van der Waals surface area contributed by atoms with Crippen molar-refractivity contribution in [1.82, 2.24) is 5.32 Å². The fourth-order valence-corrected chi connectivity index (χ4v) is 4.10. The summed E-state index contributed by atoms with van der Waals surface area (Å²) in [6.07, 6.45) is 0.809. The second-order valence-corrected chi connectivity index (χ2v) is 9.02. The number of allylic oxidation sites excluding steroid dienone is 2. The summed E-state index contributed by atoms with van der Waals surface area (Å²) in [4.78, 5) is 11.9. The summed E-state index contributed by atoms with van der Waals surface area (Å²) >= 11 is 0. The SMILES string of the molecule is CC1=C(C)PC(C(N)=O)C(Nc2cccc(S(C)(=O)=O)c2)N1. The molecule has 3 unspecified atom stereocenters. The molecule has 8 heteroatoms. The molecule has 1 heterocycles. The smallest absolute Gasteiger partial charge is 0.228 e. The van der Waals surface area contributed by atoms with Crippen molar-refractivity contribution in [3.8, 4) is 0 Å². The van der Waals surface area contributed by atoms with Crippen LogP contribution in [0.1, 0.15) is 13.8 Å². The van der Waals surface area contributed by atoms with E-state index < -0.39 is 9.84 Å². The average molecular weight is 341 g/mol. The first-order valence-corrected chi connectivity index (χ1v) is 9.72. The summed E-state index contributed by atoms with van der Waals surface area (Å²) in [6, 6.07) is 6.52. The normalized spacial score (nSPS) is 23.2. The average Bonchev–Trinajstić information content (AvgIpc) is 2.41. The van der Waals surface area contributed by atoms with Gasteiger partial charge in [0, 0.05) is 17.6 Å². The lowest BCUT2D eigenvalue weighted by Crippen LogP contribution is -2.50. The Morgan fingerprint density at radius 2 is 2.05 bits per heavy atom. The van der Waals surface area contributed by atoms with Crippen LogP contribution in [0.4, 0.5) is 5.69 Å². The molecule has 1 amide bonds. The Morgan fingerprint density at radius 1 is 1.36 bits per heavy atom. The molecule has 0 aliphatic carbocycles. The van der Waals surface area contributed by atoms with Crippen molar-refractivity contribution < 1.29 is 13.2 Å². The maximum atomic E-state index is 11.7. The molecule has 1 aliphatic heterocycles. The zero-order valence-electron chi connectivity index (χ0n) is 12.7. The maximum absolute atomic E-state index is 11.7. The van der Waals surface area contributed by atoms with Gasteiger partial charge in [-0.05, 0) is 37.4 Å². The largest absolute Gasteiger partial charge is 0.369 e. The topological polar surface area (TPSA) is 101 Å². The predicted octanol–water partition coefficient (Wildman–Crippen LogP) is 1.22. The van der Waals surface area contributed by atoms with Gasteiger partial charge >= 0.3 is 0 Å². The fraction of sp³-hybridized carbons (Fsp3) is 0.357. The number of carbonyl (C=O) groups is 1. The highest BCUT2D eigenvalue weighted by Gasteiger charge is 2.31. The second kappa shape index (κ2) is 6.26. The Balaban J connectivity index is 2.27. The molecule has 0 saturated heterocycles. The van der Waals surface area contributed by atoms with Crippen LogP contribution in [-0.2, 0) is 14.6 Å². The molecule has 3 atom stereocenters. The number of nitrogens with two attached hydrogens (primary N) is 1. The monoisotopic (exact) mass is 341 g/mol. The van der Waals surface area contributed by atoms with Crippen LogP contribution in [0.2, 0.25) is 0 Å². The number of benzene rings is 1. The molecule has 4 N–H and O–H groups in total. The third-order valence-electron chi connectivity index (χ3n) is 3.53. The van der Waals surface area contributed by atoms with Gasteiger partial charge in [-0.1, -0.05) is 14.6 Å². The van der Waals surface area contributed by atoms with Crippen LogP contribution in [0.5, 0.6) is 0 Å². The van der Waals surface area contributed by atoms with E-state index in [9.17, 15) is 13.2 Å². The van der Waals surface area contributed by atoms with Crippen LogP contribution >= 0.6 is 8.58 Å². The highest BCUT2D eigenvalue weighted by atomic mass is 32.2. The molecule has 0 saturated carbocycles. The molecule has 2 rings (SSSR count). The minimum atomic E-state index is -3.28. The number of hydrogen-bond acceptors (Lipinski definition) is 5. The van der Waals surface area contributed by atoms with Gasteiger partial charge in [0.1, 0.15) is 6.17 Å². The molecule has 1 aliphatic rings. The van der Waals surface area contributed by atoms with Crippen molar-refractivity contribution in [2.75, 3.05) is 11.6 Å². The molecular weight excluding hydrogens is 321 g/mol. The highest BCUT2D eigenvalue weighted by molar-refractivity contribution is 7.90. The van der Waals surface area contributed by atoms with E-state index in [0.29, 0.717) is 14.3 Å². The number of nitrogens with one attached hydrogen (secondary N) is 2. The lowest BCUT2D eigenvalue weighted by molar-refractivity contribution is -0.117. The van der Waals surface area contributed by atoms with E-state index in [0.717, 1.165) is 17.3 Å². The lowest BCUT2D eigenvalue weighted by atomic mass is 10.2. The zero-order chi connectivity index (χ0) is 16.5. The summed E-state index contributed by atoms with van der Waals surface area (Å²) < 4.78 is 23.2. The Hall–Kier alpha value is -1.59. The molecule has 22 heavy (non-hydrogen) atoms. The van der Waals surface area contributed by atoms with Crippen molar-refractivity contribution >= 4 is 30.0 Å². The Morgan fingerprint density at radius 3 is 2.64 bits per heavy atom. The Kier molecular flexibility index (Phi) is 4.78. The van der Waals surface area contributed by atoms with E-state index in [2.05, 4.69) is 10.6 Å². The van der Waals surface area contributed by atoms with Gasteiger partial charge in [0.2, 0.25) is 5.91 Å². The van der Waals surface area contributed by atoms with Gasteiger partial charge in [-0.2, -0.15) is 0 Å². The molecule has 0 bridgehead atoms. The second-order valence-electron chi connectivity index (χ2n) is 5.34. The van der Waals surface area contributed by atoms with Crippen LogP contribution in [0, 0.1) is 0 Å². The summed E-state index contributed by atoms with van der Waals surface area (Å²) in [5.41, 5.74) is 6.75. The lowest BCUT2D eigenvalue weighted by Gasteiger charge is -2.34. The molecule has 0 aromatic heterocycles. The van der Waals surface area contributed by atoms with Gasteiger partial charge < -0.3 is 16.4 Å². The van der Waals surface area contributed by atoms with Gasteiger partial charge in [-0.25, -0.2) is 8.42 Å². The third-order valence-corrected chi connectivity index (χ3v) is 6.38. The Bertz CT molecular complexity index is 731. The van der Waals surface area contributed by atoms with Crippen LogP contribution < -0.4 is 16.4 Å². The van der Waals surface area contributed by atoms with Crippen molar-refractivity contribution in [3.63, 3.8) is 0 Å². The van der Waals surface area contributed by atoms with E-state index in [4.69, 9.17) is 5.73 Å². The number of rotatable bonds is 4. The van der Waals surface area contributed by atoms with E-state index >= 15 is 0 Å². The van der Waals surface area contributed by atoms with E-state index in [1.165, 1.54) is 6.07 Å². The summed E-state index contributed by atoms with van der Waals surface area (Å²) in [6.45, 7) is 3.92. The summed E-state index contributed by atoms with van der Waals surface area (Å²) in [5.74, 6) is -0.380. The zero-order valence-corrected chi connectivity index (χ0v) is 14.5. The molecule has 1 aromatic rings. The minimum Gasteiger partial charge on any atom is -0.369 e. The Labute approximate surface area is 132 Å². The number of primary amides is 1. The summed E-state index contributed by atoms with van der Waals surface area (Å²) in [7, 11) is -2.97. The molecule has 120 valence electrons. The number of carbonyl (C=O) groups excluding carboxylic acids is 1. The van der Waals surface area contributed by atoms with Crippen LogP contribution in [0.15, 0.2) is 40.2 Å². The van der Waals surface area contributed by atoms with Gasteiger partial charge in [0.15, 0.2) is 9.84 Å². The van der Waals surface area contributed by atoms with Crippen LogP contribution in [-0.4, -0.2) is 32.4 Å². The van der Waals surface area contributed by atoms with E-state index in [-0.39, 0.29) is 22.6 Å². The van der Waals surface area contributed by atoms with Crippen LogP contribution in [0.25, 0.3) is 0 Å². The van der Waals surface area contributed by atoms with E-state index in [1.54, 1.807) is 18.2 Å². The molecule has 0 radical (unpaired) electrons. The van der Waals surface area contributed by atoms with Crippen molar-refractivity contribution in [3.05, 3.63) is 35.3 Å². The minimum absolute atomic E-state index is 0.231. The number of hydrogen-bond donors (Lipinski definition) is 3. The molecule has 0 spiro atoms. The van der Waals surface area contributed by atoms with Crippen molar-refractivity contribution in [2.24, 2.45) is 5.73 Å². The van der Waals surface area contributed by atoms with Crippen molar-refractivity contribution in [1.29, 1.82) is 0 Å². The first-order chi connectivity index (χ1) is 10.2. The molecular formula is C14H20N3O3PS. The predicted molar refractivity (Wildman–Crippen MR) is 89.8 cm³/mol. The van der Waals surface area contributed by atoms with Crippen molar-refractivity contribution in [2.45, 2.75) is 30.6 Å². The first kappa shape index (κ1) is 16.8. The number of sulfone groups is 1. The summed E-state index contributed by atoms with van der Waals surface area (Å²) in [5, 5.41) is 7.52. The molecule has 1 aromatic carbocycles. The third kappa shape index (κ3) is 3.78. The number of amides is 1. The van der Waals surface area contributed by atoms with Crippen LogP contribution in [0.3, 0.4) is 0 Å². The van der Waals surface area contributed by atoms with Gasteiger partial charge in [0.05, 0.1) is 10.6 Å². The van der Waals surface area contributed by atoms with Gasteiger partial charge in [0.25, 0.3) is 0 Å². The first-order valence-electron chi connectivity index (χ1n) is 6.75. The highest BCUT2D eigenvalue weighted by Crippen LogP contribution is 2.37. The molecule has 6 nitrogen and oxygen atoms in total. The van der Waals surface area contributed by atoms with E-state index in [1.807, 2.05) is 13.8 Å². The van der Waals surface area contributed by atoms with Gasteiger partial charge in [-0.15, -0.1) is 0 Å². The fourth-order valence-electron chi connectivity index (χ4n) is 2.20. The van der Waals surface area contributed by atoms with Gasteiger partial charge in [-0.3, -0.25) is 4.79 Å². The molecule has 0 fully saturated rings.